The molecule has 1 unspecified atom stereocenters. The minimum absolute atomic E-state index is 0.704. The summed E-state index contributed by atoms with van der Waals surface area (Å²) >= 11 is 0. The second-order valence-corrected chi connectivity index (χ2v) is 13.3. The third-order valence-electron chi connectivity index (χ3n) is 9.45. The molecule has 0 rings (SSSR count). The van der Waals surface area contributed by atoms with E-state index >= 15 is 0 Å². The van der Waals surface area contributed by atoms with Crippen LogP contribution in [0.15, 0.2) is 12.2 Å². The molecule has 0 aliphatic carbocycles. The van der Waals surface area contributed by atoms with Gasteiger partial charge < -0.3 is 0 Å². The molecular formula is C38H78N2. The molecule has 0 aliphatic rings. The fourth-order valence-electron chi connectivity index (χ4n) is 6.38. The van der Waals surface area contributed by atoms with Crippen LogP contribution in [0.2, 0.25) is 0 Å². The number of nitrogens with one attached hydrogen (secondary N) is 1. The Kier molecular flexibility index (Phi) is 31.3. The average molecular weight is 563 g/mol. The summed E-state index contributed by atoms with van der Waals surface area (Å²) in [6, 6.07) is 0.704. The largest absolute Gasteiger partial charge is 0.258 e. The van der Waals surface area contributed by atoms with Gasteiger partial charge >= 0.3 is 0 Å². The molecule has 0 saturated carbocycles. The summed E-state index contributed by atoms with van der Waals surface area (Å²) in [6.07, 6.45) is 40.6. The summed E-state index contributed by atoms with van der Waals surface area (Å²) in [4.78, 5) is 0. The van der Waals surface area contributed by atoms with Gasteiger partial charge in [0.05, 0.1) is 0 Å². The van der Waals surface area contributed by atoms with Gasteiger partial charge in [0.25, 0.3) is 0 Å². The third kappa shape index (κ3) is 26.6. The molecule has 0 bridgehead atoms. The van der Waals surface area contributed by atoms with Crippen molar-refractivity contribution in [1.82, 2.24) is 10.4 Å². The highest BCUT2D eigenvalue weighted by Crippen LogP contribution is 2.26. The lowest BCUT2D eigenvalue weighted by molar-refractivity contribution is 0.156. The molecule has 0 amide bonds. The highest BCUT2D eigenvalue weighted by atomic mass is 15.5. The molecule has 0 fully saturated rings. The summed E-state index contributed by atoms with van der Waals surface area (Å²) in [5, 5.41) is 2.37. The fourth-order valence-corrected chi connectivity index (χ4v) is 6.38. The van der Waals surface area contributed by atoms with Gasteiger partial charge in [0.1, 0.15) is 0 Å². The van der Waals surface area contributed by atoms with E-state index in [0.29, 0.717) is 6.04 Å². The van der Waals surface area contributed by atoms with Crippen LogP contribution < -0.4 is 5.43 Å². The van der Waals surface area contributed by atoms with Gasteiger partial charge in [0, 0.05) is 13.1 Å². The van der Waals surface area contributed by atoms with Crippen LogP contribution in [0.3, 0.4) is 0 Å². The molecule has 0 aliphatic heterocycles. The number of unbranched alkanes of at least 4 members (excludes halogenated alkanes) is 18. The van der Waals surface area contributed by atoms with E-state index in [1.165, 1.54) is 192 Å². The van der Waals surface area contributed by atoms with Gasteiger partial charge in [-0.1, -0.05) is 181 Å². The Labute approximate surface area is 255 Å². The lowest BCUT2D eigenvalue weighted by Crippen LogP contribution is -2.40. The molecule has 0 saturated heterocycles. The molecule has 0 aromatic heterocycles. The zero-order valence-electron chi connectivity index (χ0n) is 28.8. The number of nitrogens with zero attached hydrogens (tertiary/aromatic N) is 1. The van der Waals surface area contributed by atoms with Gasteiger partial charge in [-0.25, -0.2) is 5.01 Å². The highest BCUT2D eigenvalue weighted by Gasteiger charge is 2.13. The second kappa shape index (κ2) is 31.6. The maximum atomic E-state index is 4.48. The summed E-state index contributed by atoms with van der Waals surface area (Å²) in [7, 11) is 4.32. The predicted octanol–water partition coefficient (Wildman–Crippen LogP) is 13.0. The predicted molar refractivity (Wildman–Crippen MR) is 184 cm³/mol. The van der Waals surface area contributed by atoms with Crippen LogP contribution in [0.5, 0.6) is 0 Å². The van der Waals surface area contributed by atoms with E-state index in [1.54, 1.807) is 0 Å². The van der Waals surface area contributed by atoms with Crippen molar-refractivity contribution in [2.45, 2.75) is 213 Å². The Hall–Kier alpha value is -0.340. The van der Waals surface area contributed by atoms with E-state index in [1.807, 2.05) is 0 Å². The van der Waals surface area contributed by atoms with Gasteiger partial charge in [-0.3, -0.25) is 5.43 Å². The molecular weight excluding hydrogens is 484 g/mol. The van der Waals surface area contributed by atoms with Crippen LogP contribution in [0.25, 0.3) is 0 Å². The molecule has 1 atom stereocenters. The van der Waals surface area contributed by atoms with E-state index in [9.17, 15) is 0 Å². The van der Waals surface area contributed by atoms with Crippen LogP contribution in [0.1, 0.15) is 207 Å². The van der Waals surface area contributed by atoms with Gasteiger partial charge in [0.2, 0.25) is 0 Å². The maximum Gasteiger partial charge on any atom is 0.0240 e. The minimum atomic E-state index is 0.704. The maximum absolute atomic E-state index is 4.48. The molecule has 0 radical (unpaired) electrons. The Morgan fingerprint density at radius 1 is 0.500 bits per heavy atom. The van der Waals surface area contributed by atoms with E-state index < -0.39 is 0 Å². The van der Waals surface area contributed by atoms with E-state index in [4.69, 9.17) is 0 Å². The summed E-state index contributed by atoms with van der Waals surface area (Å²) in [5.41, 5.74) is 4.93. The summed E-state index contributed by atoms with van der Waals surface area (Å²) in [5.74, 6) is 0.951. The minimum Gasteiger partial charge on any atom is -0.258 e. The lowest BCUT2D eigenvalue weighted by Gasteiger charge is -2.27. The smallest absolute Gasteiger partial charge is 0.0240 e. The van der Waals surface area contributed by atoms with E-state index in [-0.39, 0.29) is 0 Å². The topological polar surface area (TPSA) is 15.3 Å². The summed E-state index contributed by atoms with van der Waals surface area (Å²) < 4.78 is 0. The molecule has 0 spiro atoms. The van der Waals surface area contributed by atoms with Crippen LogP contribution in [-0.2, 0) is 0 Å². The first-order valence-electron chi connectivity index (χ1n) is 18.7. The zero-order valence-corrected chi connectivity index (χ0v) is 28.8. The number of hydrazine groups is 1. The first-order chi connectivity index (χ1) is 19.6. The summed E-state index contributed by atoms with van der Waals surface area (Å²) in [6.45, 7) is 11.4. The lowest BCUT2D eigenvalue weighted by atomic mass is 9.88. The fraction of sp³-hybridized carbons (Fsp3) is 0.947. The van der Waals surface area contributed by atoms with Crippen molar-refractivity contribution in [1.29, 1.82) is 0 Å². The van der Waals surface area contributed by atoms with Crippen LogP contribution in [-0.4, -0.2) is 25.1 Å². The quantitative estimate of drug-likeness (QED) is 0.0486. The molecule has 0 heterocycles. The number of hydrogen-bond donors (Lipinski definition) is 1. The van der Waals surface area contributed by atoms with Crippen molar-refractivity contribution in [3.8, 4) is 0 Å². The average Bonchev–Trinajstić information content (AvgIpc) is 2.96. The third-order valence-corrected chi connectivity index (χ3v) is 9.45. The van der Waals surface area contributed by atoms with Crippen molar-refractivity contribution in [2.24, 2.45) is 5.92 Å². The van der Waals surface area contributed by atoms with Crippen LogP contribution in [0, 0.1) is 5.92 Å². The molecule has 2 heteroatoms. The molecule has 2 nitrogen and oxygen atoms in total. The van der Waals surface area contributed by atoms with Gasteiger partial charge in [-0.15, -0.1) is 0 Å². The SMILES string of the molecule is C=C(CCCCCCCCC(CCCCCCCCCC)N(C)NC)CCC(CCCCCC)CCCCCC. The Balaban J connectivity index is 3.92. The van der Waals surface area contributed by atoms with Crippen molar-refractivity contribution >= 4 is 0 Å². The van der Waals surface area contributed by atoms with Gasteiger partial charge in [0.15, 0.2) is 0 Å². The molecule has 1 N–H and O–H groups in total. The molecule has 40 heavy (non-hydrogen) atoms. The molecule has 0 aromatic carbocycles. The van der Waals surface area contributed by atoms with E-state index in [2.05, 4.69) is 51.9 Å². The Bertz CT molecular complexity index is 490. The number of allylic oxidation sites excluding steroid dienone is 1. The van der Waals surface area contributed by atoms with Crippen molar-refractivity contribution in [3.63, 3.8) is 0 Å². The monoisotopic (exact) mass is 563 g/mol. The number of rotatable bonds is 33. The first-order valence-corrected chi connectivity index (χ1v) is 18.7. The first kappa shape index (κ1) is 39.7. The van der Waals surface area contributed by atoms with Gasteiger partial charge in [-0.05, 0) is 51.5 Å². The van der Waals surface area contributed by atoms with Gasteiger partial charge in [-0.2, -0.15) is 0 Å². The number of hydrogen-bond acceptors (Lipinski definition) is 2. The highest BCUT2D eigenvalue weighted by molar-refractivity contribution is 4.94. The normalized spacial score (nSPS) is 12.6. The van der Waals surface area contributed by atoms with Crippen LogP contribution in [0.4, 0.5) is 0 Å². The van der Waals surface area contributed by atoms with Crippen molar-refractivity contribution in [3.05, 3.63) is 12.2 Å². The van der Waals surface area contributed by atoms with Crippen molar-refractivity contribution < 1.29 is 0 Å². The zero-order chi connectivity index (χ0) is 29.5. The van der Waals surface area contributed by atoms with E-state index in [0.717, 1.165) is 5.92 Å². The molecule has 240 valence electrons. The Morgan fingerprint density at radius 3 is 1.32 bits per heavy atom. The Morgan fingerprint density at radius 2 is 0.875 bits per heavy atom. The standard InChI is InChI=1S/C38H78N2/c1-7-10-13-16-17-18-22-27-32-38(40(6)39-5)33-28-23-20-19-21-24-29-36(4)34-35-37(30-25-14-11-8-2)31-26-15-12-9-3/h37-39H,4,7-35H2,1-3,5-6H3. The van der Waals surface area contributed by atoms with Crippen molar-refractivity contribution in [2.75, 3.05) is 14.1 Å². The van der Waals surface area contributed by atoms with Crippen LogP contribution >= 0.6 is 0 Å². The second-order valence-electron chi connectivity index (χ2n) is 13.3. The molecule has 0 aromatic rings.